The van der Waals surface area contributed by atoms with Crippen molar-refractivity contribution >= 4 is 159 Å². The van der Waals surface area contributed by atoms with E-state index in [-0.39, 0.29) is 39.6 Å². The first-order valence-electron chi connectivity index (χ1n) is 35.5. The number of hydrogen-bond donors (Lipinski definition) is 0. The molecule has 18 nitrogen and oxygen atoms in total. The number of hydrogen-bond acceptors (Lipinski definition) is 21. The molecule has 0 amide bonds. The molecule has 552 valence electrons. The highest BCUT2D eigenvalue weighted by molar-refractivity contribution is 7.25. The second kappa shape index (κ2) is 38.0. The summed E-state index contributed by atoms with van der Waals surface area (Å²) in [6.45, 7) is 9.39. The van der Waals surface area contributed by atoms with Crippen LogP contribution in [0.1, 0.15) is 0 Å². The van der Waals surface area contributed by atoms with Gasteiger partial charge in [0.1, 0.15) is 39.6 Å². The van der Waals surface area contributed by atoms with E-state index < -0.39 is 0 Å². The van der Waals surface area contributed by atoms with E-state index in [1.165, 1.54) is 0 Å². The Morgan fingerprint density at radius 1 is 0.171 bits per heavy atom. The standard InChI is InChI=1S/C84H90O18S3/c1-85-25-31-91-37-43-97-79-61-13-7-55-49-67(61)68-50-56(8-14-62(68)80(79)98-44-38-92-32-26-86-2)74-21-22-76(104-74)58-10-16-64-70(52-58)72-54-60(12-18-66(72)84(102-48-42-96-36-30-90-6)82(64)100-46-40-94-34-28-88-4)78-24-23-77(105-78)59-11-17-65-71(53-59)69-51-57(75-20-19-73(55)103-75)9-15-63(69)81(99-45-39-93-33-27-87-3)83(65)101-47-41-95-35-29-89-5/h7-24,49-54H,25-48H2,1-6H3. The first-order valence-corrected chi connectivity index (χ1v) is 37.9. The lowest BCUT2D eigenvalue weighted by molar-refractivity contribution is 0.0503. The van der Waals surface area contributed by atoms with Gasteiger partial charge in [-0.15, -0.1) is 34.0 Å². The van der Waals surface area contributed by atoms with Crippen molar-refractivity contribution < 1.29 is 85.3 Å². The number of rotatable bonds is 42. The van der Waals surface area contributed by atoms with Gasteiger partial charge < -0.3 is 85.3 Å². The average Bonchev–Trinajstić information content (AvgIpc) is 1.45. The van der Waals surface area contributed by atoms with E-state index in [1.807, 2.05) is 0 Å². The summed E-state index contributed by atoms with van der Waals surface area (Å²) < 4.78 is 115. The number of thiophene rings is 3. The Balaban J connectivity index is 1.07. The Kier molecular flexibility index (Phi) is 27.2. The zero-order chi connectivity index (χ0) is 72.1. The van der Waals surface area contributed by atoms with Crippen LogP contribution in [-0.4, -0.2) is 201 Å². The third-order valence-electron chi connectivity index (χ3n) is 18.0. The molecule has 13 rings (SSSR count). The summed E-state index contributed by atoms with van der Waals surface area (Å²) in [6.07, 6.45) is 0. The van der Waals surface area contributed by atoms with Crippen molar-refractivity contribution in [2.75, 3.05) is 201 Å². The molecule has 0 spiro atoms. The molecule has 0 unspecified atom stereocenters. The molecule has 0 saturated heterocycles. The molecule has 0 N–H and O–H groups in total. The van der Waals surface area contributed by atoms with Crippen molar-refractivity contribution in [3.8, 4) is 34.5 Å². The summed E-state index contributed by atoms with van der Waals surface area (Å²) >= 11 is 5.24. The van der Waals surface area contributed by atoms with E-state index in [2.05, 4.69) is 146 Å². The number of methoxy groups -OCH3 is 6. The van der Waals surface area contributed by atoms with Crippen LogP contribution in [0, 0.1) is 0 Å². The smallest absolute Gasteiger partial charge is 0.169 e. The second-order valence-corrected chi connectivity index (χ2v) is 28.0. The monoisotopic (exact) mass is 1480 g/mol. The van der Waals surface area contributed by atoms with Crippen molar-refractivity contribution in [1.29, 1.82) is 0 Å². The van der Waals surface area contributed by atoms with Crippen LogP contribution >= 0.6 is 34.0 Å². The molecule has 0 aliphatic heterocycles. The van der Waals surface area contributed by atoms with Crippen LogP contribution in [0.4, 0.5) is 0 Å². The van der Waals surface area contributed by atoms with E-state index >= 15 is 0 Å². The third-order valence-corrected chi connectivity index (χ3v) is 21.6. The molecule has 0 radical (unpaired) electrons. The van der Waals surface area contributed by atoms with Gasteiger partial charge in [0.25, 0.3) is 0 Å². The lowest BCUT2D eigenvalue weighted by atomic mass is 9.97. The van der Waals surface area contributed by atoms with Crippen LogP contribution < -0.4 is 28.4 Å². The summed E-state index contributed by atoms with van der Waals surface area (Å²) in [4.78, 5) is 0. The fraction of sp³-hybridized carbons (Fsp3) is 0.357. The molecule has 0 atom stereocenters. The minimum Gasteiger partial charge on any atom is -0.487 e. The van der Waals surface area contributed by atoms with Gasteiger partial charge in [-0.1, -0.05) is 36.4 Å². The minimum atomic E-state index is 0.286. The van der Waals surface area contributed by atoms with Crippen LogP contribution in [0.2, 0.25) is 0 Å². The normalized spacial score (nSPS) is 11.9. The summed E-state index contributed by atoms with van der Waals surface area (Å²) in [5, 5.41) is 17.8. The van der Waals surface area contributed by atoms with Crippen LogP contribution in [0.15, 0.2) is 146 Å². The highest BCUT2D eigenvalue weighted by Crippen LogP contribution is 2.50. The largest absolute Gasteiger partial charge is 0.487 e. The minimum absolute atomic E-state index is 0.286. The molecule has 0 fully saturated rings. The van der Waals surface area contributed by atoms with Gasteiger partial charge in [-0.3, -0.25) is 0 Å². The Morgan fingerprint density at radius 2 is 0.324 bits per heavy atom. The highest BCUT2D eigenvalue weighted by Gasteiger charge is 2.23. The maximum absolute atomic E-state index is 6.83. The van der Waals surface area contributed by atoms with Gasteiger partial charge in [0.2, 0.25) is 0 Å². The van der Waals surface area contributed by atoms with E-state index in [9.17, 15) is 0 Å². The van der Waals surface area contributed by atoms with Crippen molar-refractivity contribution in [3.05, 3.63) is 146 Å². The fourth-order valence-electron chi connectivity index (χ4n) is 12.9. The Labute approximate surface area is 622 Å². The maximum Gasteiger partial charge on any atom is 0.169 e. The van der Waals surface area contributed by atoms with Crippen LogP contribution in [0.5, 0.6) is 34.5 Å². The van der Waals surface area contributed by atoms with Gasteiger partial charge in [-0.2, -0.15) is 0 Å². The predicted molar refractivity (Wildman–Crippen MR) is 426 cm³/mol. The molecule has 18 bridgehead atoms. The average molecular weight is 1480 g/mol. The fourth-order valence-corrected chi connectivity index (χ4v) is 15.9. The van der Waals surface area contributed by atoms with Crippen LogP contribution in [-0.2, 0) is 56.8 Å². The van der Waals surface area contributed by atoms with Crippen molar-refractivity contribution in [2.24, 2.45) is 0 Å². The van der Waals surface area contributed by atoms with Gasteiger partial charge in [0.05, 0.1) is 119 Å². The van der Waals surface area contributed by atoms with E-state index in [0.29, 0.717) is 153 Å². The maximum atomic E-state index is 6.83. The van der Waals surface area contributed by atoms with E-state index in [1.54, 1.807) is 76.7 Å². The zero-order valence-corrected chi connectivity index (χ0v) is 62.8. The third kappa shape index (κ3) is 18.0. The molecule has 0 aliphatic carbocycles. The first kappa shape index (κ1) is 75.2. The highest BCUT2D eigenvalue weighted by atomic mass is 32.1. The topological polar surface area (TPSA) is 166 Å². The molecule has 4 heterocycles. The molecule has 13 aromatic rings. The zero-order valence-electron chi connectivity index (χ0n) is 60.4. The lowest BCUT2D eigenvalue weighted by Gasteiger charge is -2.19. The van der Waals surface area contributed by atoms with E-state index in [4.69, 9.17) is 85.3 Å². The molecule has 4 aromatic heterocycles. The van der Waals surface area contributed by atoms with Gasteiger partial charge in [-0.25, -0.2) is 0 Å². The Morgan fingerprint density at radius 3 is 0.476 bits per heavy atom. The van der Waals surface area contributed by atoms with Crippen molar-refractivity contribution in [1.82, 2.24) is 0 Å². The van der Waals surface area contributed by atoms with Crippen molar-refractivity contribution in [2.45, 2.75) is 0 Å². The van der Waals surface area contributed by atoms with Gasteiger partial charge >= 0.3 is 0 Å². The van der Waals surface area contributed by atoms with Crippen LogP contribution in [0.3, 0.4) is 0 Å². The molecule has 9 aromatic carbocycles. The molecule has 0 aliphatic rings. The molecule has 105 heavy (non-hydrogen) atoms. The molecular formula is C84H90O18S3. The predicted octanol–water partition coefficient (Wildman–Crippen LogP) is 17.6. The molecular weight excluding hydrogens is 1390 g/mol. The van der Waals surface area contributed by atoms with Gasteiger partial charge in [-0.05, 0) is 174 Å². The van der Waals surface area contributed by atoms with Crippen LogP contribution in [0.25, 0.3) is 125 Å². The summed E-state index contributed by atoms with van der Waals surface area (Å²) in [6, 6.07) is 53.2. The second-order valence-electron chi connectivity index (χ2n) is 24.8. The molecule has 0 saturated carbocycles. The summed E-state index contributed by atoms with van der Waals surface area (Å²) in [5.74, 6) is 3.79. The quantitative estimate of drug-likeness (QED) is 0.0262. The SMILES string of the molecule is COCCOCCOc1c(OCCOCCOC)c2ccc3cc2c2cc(ccc12)c1ccc(s1)c1ccc2c(OCCOCCOC)c(OCCOCCOC)c4ccc(cc4c2c1)c1ccc(s1)c1ccc2c(OCCOCCOC)c(OCCOCCOC)c4ccc(cc4c2c1)c1ccc3s1. The molecule has 21 heteroatoms. The number of ether oxygens (including phenoxy) is 18. The summed E-state index contributed by atoms with van der Waals surface area (Å²) in [5.41, 5.74) is 0. The van der Waals surface area contributed by atoms with Crippen molar-refractivity contribution in [3.63, 3.8) is 0 Å². The summed E-state index contributed by atoms with van der Waals surface area (Å²) in [7, 11) is 10.00. The lowest BCUT2D eigenvalue weighted by Crippen LogP contribution is -2.13. The number of benzene rings is 9. The first-order chi connectivity index (χ1) is 51.9. The van der Waals surface area contributed by atoms with E-state index in [0.717, 1.165) is 125 Å². The van der Waals surface area contributed by atoms with Gasteiger partial charge in [0.15, 0.2) is 34.5 Å². The Bertz CT molecular complexity index is 4380. The Hall–Kier alpha value is -8.04. The number of fused-ring (bicyclic) bond motifs is 18. The van der Waals surface area contributed by atoms with Gasteiger partial charge in [0, 0.05) is 103 Å².